The molecule has 0 aromatic heterocycles. The van der Waals surface area contributed by atoms with E-state index in [-0.39, 0.29) is 12.3 Å². The number of amidine groups is 1. The number of carbonyl (C=O) groups excluding carboxylic acids is 2. The quantitative estimate of drug-likeness (QED) is 0.715. The summed E-state index contributed by atoms with van der Waals surface area (Å²) >= 11 is 1.36. The number of nitrogens with zero attached hydrogens (tertiary/aromatic N) is 3. The maximum atomic E-state index is 12.8. The van der Waals surface area contributed by atoms with E-state index in [1.165, 1.54) is 11.8 Å². The Balaban J connectivity index is 1.95. The molecule has 1 heterocycles. The van der Waals surface area contributed by atoms with Crippen LogP contribution < -0.4 is 4.90 Å². The molecule has 0 saturated heterocycles. The number of amides is 2. The molecule has 28 heavy (non-hydrogen) atoms. The lowest BCUT2D eigenvalue weighted by Crippen LogP contribution is -2.41. The number of rotatable bonds is 5. The molecule has 0 aliphatic carbocycles. The van der Waals surface area contributed by atoms with Gasteiger partial charge in [-0.3, -0.25) is 14.5 Å². The first-order chi connectivity index (χ1) is 13.6. The SMILES string of the molecule is CCc1cccc(CC)c1N1C(=O)CC(=O)N=C1SCc1ccc(C#N)cc1. The number of benzene rings is 2. The fourth-order valence-corrected chi connectivity index (χ4v) is 4.13. The predicted octanol–water partition coefficient (Wildman–Crippen LogP) is 4.24. The van der Waals surface area contributed by atoms with Crippen molar-refractivity contribution < 1.29 is 9.59 Å². The van der Waals surface area contributed by atoms with Gasteiger partial charge in [-0.15, -0.1) is 0 Å². The van der Waals surface area contributed by atoms with Crippen LogP contribution in [-0.4, -0.2) is 17.0 Å². The van der Waals surface area contributed by atoms with Gasteiger partial charge in [-0.25, -0.2) is 0 Å². The highest BCUT2D eigenvalue weighted by atomic mass is 32.2. The van der Waals surface area contributed by atoms with Crippen molar-refractivity contribution in [2.45, 2.75) is 38.9 Å². The molecule has 1 aliphatic rings. The molecule has 6 heteroatoms. The number of thioether (sulfide) groups is 1. The minimum atomic E-state index is -0.407. The smallest absolute Gasteiger partial charge is 0.257 e. The van der Waals surface area contributed by atoms with E-state index in [0.29, 0.717) is 16.5 Å². The molecule has 2 aromatic carbocycles. The van der Waals surface area contributed by atoms with E-state index >= 15 is 0 Å². The summed E-state index contributed by atoms with van der Waals surface area (Å²) in [6.07, 6.45) is 1.37. The normalized spacial score (nSPS) is 14.0. The van der Waals surface area contributed by atoms with E-state index in [1.54, 1.807) is 17.0 Å². The molecule has 0 fully saturated rings. The standard InChI is InChI=1S/C22H21N3O2S/c1-3-17-6-5-7-18(4-2)21(17)25-20(27)12-19(26)24-22(25)28-14-16-10-8-15(13-23)9-11-16/h5-11H,3-4,12,14H2,1-2H3. The van der Waals surface area contributed by atoms with Crippen LogP contribution in [0.2, 0.25) is 0 Å². The van der Waals surface area contributed by atoms with Crippen LogP contribution >= 0.6 is 11.8 Å². The molecule has 142 valence electrons. The maximum Gasteiger partial charge on any atom is 0.257 e. The summed E-state index contributed by atoms with van der Waals surface area (Å²) in [4.78, 5) is 30.6. The highest BCUT2D eigenvalue weighted by Gasteiger charge is 2.32. The van der Waals surface area contributed by atoms with Crippen LogP contribution in [0.15, 0.2) is 47.5 Å². The summed E-state index contributed by atoms with van der Waals surface area (Å²) in [6.45, 7) is 4.11. The van der Waals surface area contributed by atoms with Gasteiger partial charge in [0.2, 0.25) is 5.91 Å². The lowest BCUT2D eigenvalue weighted by molar-refractivity contribution is -0.126. The fourth-order valence-electron chi connectivity index (χ4n) is 3.15. The van der Waals surface area contributed by atoms with E-state index < -0.39 is 5.91 Å². The molecular weight excluding hydrogens is 370 g/mol. The van der Waals surface area contributed by atoms with Crippen molar-refractivity contribution in [1.82, 2.24) is 0 Å². The third kappa shape index (κ3) is 4.15. The van der Waals surface area contributed by atoms with Gasteiger partial charge >= 0.3 is 0 Å². The van der Waals surface area contributed by atoms with Crippen LogP contribution in [0.5, 0.6) is 0 Å². The summed E-state index contributed by atoms with van der Waals surface area (Å²) in [5, 5.41) is 9.34. The summed E-state index contributed by atoms with van der Waals surface area (Å²) in [6, 6.07) is 15.4. The summed E-state index contributed by atoms with van der Waals surface area (Å²) in [5.74, 6) is -0.0919. The summed E-state index contributed by atoms with van der Waals surface area (Å²) in [7, 11) is 0. The van der Waals surface area contributed by atoms with Crippen molar-refractivity contribution in [3.8, 4) is 6.07 Å². The number of hydrogen-bond donors (Lipinski definition) is 0. The van der Waals surface area contributed by atoms with Gasteiger partial charge in [-0.05, 0) is 41.7 Å². The monoisotopic (exact) mass is 391 g/mol. The van der Waals surface area contributed by atoms with Gasteiger partial charge in [0.1, 0.15) is 6.42 Å². The fraction of sp³-hybridized carbons (Fsp3) is 0.273. The van der Waals surface area contributed by atoms with Crippen LogP contribution in [0.1, 0.15) is 42.5 Å². The molecule has 0 saturated carbocycles. The molecule has 5 nitrogen and oxygen atoms in total. The largest absolute Gasteiger partial charge is 0.273 e. The van der Waals surface area contributed by atoms with Crippen LogP contribution in [-0.2, 0) is 28.2 Å². The van der Waals surface area contributed by atoms with Crippen molar-refractivity contribution >= 4 is 34.4 Å². The topological polar surface area (TPSA) is 73.5 Å². The Morgan fingerprint density at radius 3 is 2.29 bits per heavy atom. The highest BCUT2D eigenvalue weighted by molar-refractivity contribution is 8.13. The molecule has 0 radical (unpaired) electrons. The Labute approximate surface area is 169 Å². The number of aliphatic imine (C=N–C) groups is 1. The molecule has 0 atom stereocenters. The first kappa shape index (κ1) is 19.8. The van der Waals surface area contributed by atoms with Gasteiger partial charge in [0, 0.05) is 5.75 Å². The Hall–Kier alpha value is -2.91. The summed E-state index contributed by atoms with van der Waals surface area (Å²) < 4.78 is 0. The molecule has 2 aromatic rings. The van der Waals surface area contributed by atoms with Gasteiger partial charge in [-0.1, -0.05) is 55.9 Å². The van der Waals surface area contributed by atoms with Gasteiger partial charge in [0.25, 0.3) is 5.91 Å². The van der Waals surface area contributed by atoms with Gasteiger partial charge in [0.15, 0.2) is 5.17 Å². The van der Waals surface area contributed by atoms with E-state index in [9.17, 15) is 9.59 Å². The number of carbonyl (C=O) groups is 2. The lowest BCUT2D eigenvalue weighted by atomic mass is 10.0. The zero-order valence-electron chi connectivity index (χ0n) is 15.9. The van der Waals surface area contributed by atoms with Crippen LogP contribution in [0.3, 0.4) is 0 Å². The number of nitriles is 1. The second-order valence-electron chi connectivity index (χ2n) is 6.42. The highest BCUT2D eigenvalue weighted by Crippen LogP contribution is 2.32. The van der Waals surface area contributed by atoms with Gasteiger partial charge < -0.3 is 0 Å². The average molecular weight is 391 g/mol. The number of para-hydroxylation sites is 1. The second kappa shape index (κ2) is 8.85. The first-order valence-corrected chi connectivity index (χ1v) is 10.2. The third-order valence-corrected chi connectivity index (χ3v) is 5.61. The number of anilines is 1. The molecule has 0 spiro atoms. The molecule has 3 rings (SSSR count). The lowest BCUT2D eigenvalue weighted by Gasteiger charge is -2.30. The maximum absolute atomic E-state index is 12.8. The average Bonchev–Trinajstić information content (AvgIpc) is 2.71. The van der Waals surface area contributed by atoms with Gasteiger partial charge in [0.05, 0.1) is 17.3 Å². The molecule has 0 N–H and O–H groups in total. The molecular formula is C22H21N3O2S. The Morgan fingerprint density at radius 2 is 1.71 bits per heavy atom. The minimum absolute atomic E-state index is 0.206. The molecule has 0 bridgehead atoms. The number of hydrogen-bond acceptors (Lipinski definition) is 4. The van der Waals surface area contributed by atoms with Gasteiger partial charge in [-0.2, -0.15) is 10.3 Å². The van der Waals surface area contributed by atoms with Crippen LogP contribution in [0.4, 0.5) is 5.69 Å². The Bertz CT molecular complexity index is 952. The minimum Gasteiger partial charge on any atom is -0.273 e. The van der Waals surface area contributed by atoms with E-state index in [4.69, 9.17) is 5.26 Å². The summed E-state index contributed by atoms with van der Waals surface area (Å²) in [5.41, 5.74) is 4.58. The van der Waals surface area contributed by atoms with Crippen molar-refractivity contribution in [1.29, 1.82) is 5.26 Å². The van der Waals surface area contributed by atoms with E-state index in [1.807, 2.05) is 30.3 Å². The van der Waals surface area contributed by atoms with Crippen molar-refractivity contribution in [2.24, 2.45) is 4.99 Å². The molecule has 2 amide bonds. The first-order valence-electron chi connectivity index (χ1n) is 9.24. The van der Waals surface area contributed by atoms with Crippen molar-refractivity contribution in [2.75, 3.05) is 4.90 Å². The third-order valence-electron chi connectivity index (χ3n) is 4.60. The van der Waals surface area contributed by atoms with Crippen LogP contribution in [0, 0.1) is 11.3 Å². The zero-order chi connectivity index (χ0) is 20.1. The van der Waals surface area contributed by atoms with Crippen molar-refractivity contribution in [3.63, 3.8) is 0 Å². The van der Waals surface area contributed by atoms with E-state index in [2.05, 4.69) is 24.9 Å². The van der Waals surface area contributed by atoms with Crippen LogP contribution in [0.25, 0.3) is 0 Å². The Morgan fingerprint density at radius 1 is 1.07 bits per heavy atom. The predicted molar refractivity (Wildman–Crippen MR) is 112 cm³/mol. The zero-order valence-corrected chi connectivity index (χ0v) is 16.8. The Kier molecular flexibility index (Phi) is 6.27. The second-order valence-corrected chi connectivity index (χ2v) is 7.37. The molecule has 1 aliphatic heterocycles. The van der Waals surface area contributed by atoms with Crippen molar-refractivity contribution in [3.05, 3.63) is 64.7 Å². The number of aryl methyl sites for hydroxylation is 2. The van der Waals surface area contributed by atoms with E-state index in [0.717, 1.165) is 35.2 Å². The molecule has 0 unspecified atom stereocenters.